The Kier molecular flexibility index (Phi) is 22.6. The van der Waals surface area contributed by atoms with Gasteiger partial charge in [-0.3, -0.25) is 38.5 Å². The molecule has 25 aliphatic rings. The van der Waals surface area contributed by atoms with Crippen molar-refractivity contribution in [2.45, 2.75) is 378 Å². The smallest absolute Gasteiger partial charge is 0.301 e. The van der Waals surface area contributed by atoms with Crippen LogP contribution >= 0.6 is 0 Å². The highest BCUT2D eigenvalue weighted by Crippen LogP contribution is 2.66. The summed E-state index contributed by atoms with van der Waals surface area (Å²) in [6.45, 7) is 10.6. The molecule has 660 valence electrons. The third-order valence-corrected chi connectivity index (χ3v) is 37.3. The van der Waals surface area contributed by atoms with Gasteiger partial charge in [-0.1, -0.05) is 45.1 Å². The van der Waals surface area contributed by atoms with Gasteiger partial charge in [-0.15, -0.1) is 0 Å². The topological polar surface area (TPSA) is 442 Å². The van der Waals surface area contributed by atoms with E-state index >= 15 is 4.39 Å². The molecule has 0 aromatic carbocycles. The van der Waals surface area contributed by atoms with E-state index in [0.29, 0.717) is 91.5 Å². The number of nitrogens with zero attached hydrogens (tertiary/aromatic N) is 12. The maximum Gasteiger partial charge on any atom is 0.301 e. The lowest BCUT2D eigenvalue weighted by Crippen LogP contribution is -2.64. The van der Waals surface area contributed by atoms with E-state index in [4.69, 9.17) is 51.5 Å². The minimum absolute atomic E-state index is 0.0233. The van der Waals surface area contributed by atoms with Gasteiger partial charge in [0.25, 0.3) is 0 Å². The van der Waals surface area contributed by atoms with Crippen LogP contribution in [-0.2, 0) is 28.8 Å². The Morgan fingerprint density at radius 3 is 1.01 bits per heavy atom. The van der Waals surface area contributed by atoms with E-state index in [0.717, 1.165) is 223 Å². The maximum atomic E-state index is 15.1. The van der Waals surface area contributed by atoms with Crippen LogP contribution in [0.3, 0.4) is 0 Å². The number of hydrogen-bond acceptors (Lipinski definition) is 19. The second-order valence-electron chi connectivity index (χ2n) is 44.5. The number of piperidine rings is 6. The number of nitriles is 5. The molecule has 0 aromatic heterocycles. The number of nitrogens with two attached hydrogens (primary N) is 6. The lowest BCUT2D eigenvalue weighted by molar-refractivity contribution is -0.156. The molecule has 19 saturated carbocycles. The number of rotatable bonds is 15. The summed E-state index contributed by atoms with van der Waals surface area (Å²) in [6, 6.07) is 7.81. The number of aliphatic hydroxyl groups excluding tert-OH is 2. The fourth-order valence-electron chi connectivity index (χ4n) is 30.4. The summed E-state index contributed by atoms with van der Waals surface area (Å²) < 4.78 is 29.1. The number of alkyl halides is 1. The predicted molar refractivity (Wildman–Crippen MR) is 443 cm³/mol. The minimum Gasteiger partial charge on any atom is -0.396 e. The van der Waals surface area contributed by atoms with Gasteiger partial charge in [0.2, 0.25) is 35.4 Å². The molecule has 25 rings (SSSR count). The second-order valence-corrected chi connectivity index (χ2v) is 44.5. The Labute approximate surface area is 718 Å². The predicted octanol–water partition coefficient (Wildman–Crippen LogP) is 8.57. The average molecular weight is 1680 g/mol. The molecule has 14 N–H and O–H groups in total. The molecule has 0 aromatic rings. The van der Waals surface area contributed by atoms with Crippen LogP contribution in [0.1, 0.15) is 263 Å². The molecule has 6 heterocycles. The standard InChI is InChI=1S/C18H24FN3O.C18H25N3O.C15H20FN3O.C15H23N3O2.C15H21N3O.C13H19N3O2/c19-18-6-10-1-11(7-18)5-17(4-10,9-18)15(21)16(23)22-13(8-20)2-12-3-14(12)22;19-9-14-4-13-5-15(13)21(14)17(22)16(20)18-6-10-1-11(7-18)3-12(2-10)8-18;1-9(16)15(4-2-3-5-15)13(18)14(20)19-11(8-17)6-10-7-12(10)19;1-17-12-8-10-7-11(10)18(12)14(20)13(16)15(9-19)5-3-2-4-6-15;16-8-11-5-10-6-12(10)18(11)14(19)13(17)15-3-1-9(7-15)2-4-15;14-6-9-4-8-5-10(8)16(9)12(18)11(15)13(7-17)2-1-3-13/h10-15H,1-7,9,21H2;10-16H,1-8,20H2;10-13H,1-7,18H2;10-13,19H,2-9,16H2;9-13H,1-7,17H2;8-11,17H,1-5,7,15H2/t10?,11?,12-,13+,14?,15-,17?,18?;10?,11?,12?,13-,14+,15?,16-,18?;10-,11+,12?,13-;10-,11?,12-,13?;9?,10-,11+,12?,13-,15?;8-,9+,10?,11-/m111011/s1. The van der Waals surface area contributed by atoms with Crippen molar-refractivity contribution in [1.29, 1.82) is 26.3 Å². The van der Waals surface area contributed by atoms with Crippen LogP contribution in [0.15, 0.2) is 12.4 Å². The molecule has 28 heteroatoms. The molecular weight excluding hydrogens is 1550 g/mol. The largest absolute Gasteiger partial charge is 0.396 e. The van der Waals surface area contributed by atoms with Crippen LogP contribution in [-0.4, -0.2) is 203 Å². The molecule has 19 aliphatic carbocycles. The first-order chi connectivity index (χ1) is 58.4. The molecule has 122 heavy (non-hydrogen) atoms. The van der Waals surface area contributed by atoms with Crippen molar-refractivity contribution < 1.29 is 47.8 Å². The quantitative estimate of drug-likeness (QED) is 0.0711. The summed E-state index contributed by atoms with van der Waals surface area (Å²) in [5.74, 6) is 6.29. The lowest BCUT2D eigenvalue weighted by atomic mass is 9.46. The number of carbonyl (C=O) groups excluding carboxylic acids is 6. The Hall–Kier alpha value is -6.96. The number of likely N-dealkylation sites (tertiary alicyclic amines) is 6. The van der Waals surface area contributed by atoms with Gasteiger partial charge in [-0.2, -0.15) is 26.3 Å². The van der Waals surface area contributed by atoms with Gasteiger partial charge < -0.3 is 69.1 Å². The SMILES string of the molecule is C=C(F)C1([C@H](N)C(=O)N2C3C[C@H]3C[C@H]2C#N)CCCC1.N#C[C@@H]1C[C@@H]2CC2N1C(=O)[C@@H](N)C1(CO)CCC1.N#C[C@@H]1C[C@@H]2CC2N1C(=O)[C@@H](N)C12CC3CC(CC(C3)C1)C2.N#C[C@@H]1C[C@@H]2CC2N1C(=O)[C@@H](N)C12CC3CC(CC(F)(C3)C1)C2.N#C[C@@H]1C[C@@H]2CC2N1C(=O)[C@@H](N)C12CCC(CC1)C2.[C-]#[N+][C@@H]1C[C@@H]2CC2N1C(=O)C(N)C1(CO)CCCCC1. The van der Waals surface area contributed by atoms with E-state index in [1.165, 1.54) is 32.1 Å². The van der Waals surface area contributed by atoms with Crippen LogP contribution in [0, 0.1) is 167 Å². The highest BCUT2D eigenvalue weighted by molar-refractivity contribution is 5.88. The molecule has 26 atom stereocenters. The van der Waals surface area contributed by atoms with Gasteiger partial charge in [-0.25, -0.2) is 15.4 Å². The van der Waals surface area contributed by atoms with Gasteiger partial charge in [-0.05, 0) is 306 Å². The summed E-state index contributed by atoms with van der Waals surface area (Å²) in [5.41, 5.74) is 34.8. The highest BCUT2D eigenvalue weighted by Gasteiger charge is 2.68. The maximum absolute atomic E-state index is 15.1. The van der Waals surface area contributed by atoms with E-state index in [1.807, 2.05) is 9.80 Å². The number of amides is 6. The summed E-state index contributed by atoms with van der Waals surface area (Å²) in [7, 11) is 0. The summed E-state index contributed by atoms with van der Waals surface area (Å²) in [6.07, 6.45) is 39.3. The Bertz CT molecular complexity index is 4330. The molecule has 26 nitrogen and oxygen atoms in total. The molecule has 6 saturated heterocycles. The van der Waals surface area contributed by atoms with Crippen LogP contribution < -0.4 is 34.4 Å². The van der Waals surface area contributed by atoms with Crippen molar-refractivity contribution in [2.75, 3.05) is 13.2 Å². The summed E-state index contributed by atoms with van der Waals surface area (Å²) in [5, 5.41) is 65.5. The average Bonchev–Trinajstić information content (AvgIpc) is 1.22. The number of hydrogen-bond donors (Lipinski definition) is 8. The van der Waals surface area contributed by atoms with Gasteiger partial charge in [0.1, 0.15) is 41.7 Å². The Morgan fingerprint density at radius 2 is 0.680 bits per heavy atom. The van der Waals surface area contributed by atoms with Gasteiger partial charge in [0, 0.05) is 58.9 Å². The first-order valence-corrected chi connectivity index (χ1v) is 47.5. The van der Waals surface area contributed by atoms with E-state index < -0.39 is 51.9 Å². The van der Waals surface area contributed by atoms with Gasteiger partial charge >= 0.3 is 6.17 Å². The molecule has 9 unspecified atom stereocenters. The minimum atomic E-state index is -1.09. The zero-order valence-corrected chi connectivity index (χ0v) is 71.4. The zero-order valence-electron chi connectivity index (χ0n) is 71.4. The van der Waals surface area contributed by atoms with Crippen molar-refractivity contribution in [3.05, 3.63) is 23.8 Å². The van der Waals surface area contributed by atoms with Crippen LogP contribution in [0.25, 0.3) is 4.85 Å². The molecule has 0 radical (unpaired) electrons. The number of aliphatic hydroxyl groups is 2. The first-order valence-electron chi connectivity index (χ1n) is 47.5. The monoisotopic (exact) mass is 1680 g/mol. The molecule has 10 bridgehead atoms. The highest BCUT2D eigenvalue weighted by atomic mass is 19.1. The van der Waals surface area contributed by atoms with Crippen LogP contribution in [0.2, 0.25) is 0 Å². The van der Waals surface area contributed by atoms with Crippen molar-refractivity contribution in [3.63, 3.8) is 0 Å². The Balaban J connectivity index is 0.000000100. The van der Waals surface area contributed by atoms with Gasteiger partial charge in [0.05, 0.1) is 79.8 Å². The molecular formula is C94H132F2N18O8. The normalized spacial score (nSPS) is 44.2. The van der Waals surface area contributed by atoms with Crippen molar-refractivity contribution in [1.82, 2.24) is 29.4 Å². The number of halogens is 2. The third kappa shape index (κ3) is 14.8. The third-order valence-electron chi connectivity index (χ3n) is 37.3. The molecule has 6 amide bonds. The summed E-state index contributed by atoms with van der Waals surface area (Å²) in [4.78, 5) is 91.1. The molecule has 25 fully saturated rings. The van der Waals surface area contributed by atoms with E-state index in [2.05, 4.69) is 41.8 Å². The van der Waals surface area contributed by atoms with E-state index in [-0.39, 0.29) is 138 Å². The second kappa shape index (κ2) is 32.1. The molecule has 0 spiro atoms. The van der Waals surface area contributed by atoms with Gasteiger partial charge in [0.15, 0.2) is 0 Å². The summed E-state index contributed by atoms with van der Waals surface area (Å²) >= 11 is 0. The zero-order chi connectivity index (χ0) is 86.0. The lowest BCUT2D eigenvalue weighted by Gasteiger charge is -2.60. The first kappa shape index (κ1) is 85.8. The van der Waals surface area contributed by atoms with E-state index in [9.17, 15) is 59.2 Å². The van der Waals surface area contributed by atoms with Crippen LogP contribution in [0.4, 0.5) is 8.78 Å². The fraction of sp³-hybridized carbons (Fsp3) is 0.851. The van der Waals surface area contributed by atoms with E-state index in [1.54, 1.807) is 19.6 Å². The fourth-order valence-corrected chi connectivity index (χ4v) is 30.4. The Morgan fingerprint density at radius 1 is 0.377 bits per heavy atom. The number of fused-ring (bicyclic) bond motifs is 8. The molecule has 6 aliphatic heterocycles. The van der Waals surface area contributed by atoms with Crippen molar-refractivity contribution in [2.24, 2.45) is 138 Å². The van der Waals surface area contributed by atoms with Crippen molar-refractivity contribution >= 4 is 35.4 Å². The number of carbonyl (C=O) groups is 6. The van der Waals surface area contributed by atoms with Crippen LogP contribution in [0.5, 0.6) is 0 Å². The van der Waals surface area contributed by atoms with Crippen molar-refractivity contribution in [3.8, 4) is 30.3 Å².